The molecule has 0 bridgehead atoms. The lowest BCUT2D eigenvalue weighted by Crippen LogP contribution is -2.33. The van der Waals surface area contributed by atoms with Gasteiger partial charge in [0.25, 0.3) is 0 Å². The SMILES string of the molecule is CCN(CCC(O)c1cc(C)cc(C)c1)CC1CCC1. The van der Waals surface area contributed by atoms with Gasteiger partial charge in [-0.2, -0.15) is 0 Å². The highest BCUT2D eigenvalue weighted by Gasteiger charge is 2.20. The van der Waals surface area contributed by atoms with E-state index in [9.17, 15) is 5.11 Å². The van der Waals surface area contributed by atoms with Crippen LogP contribution in [0.25, 0.3) is 0 Å². The van der Waals surface area contributed by atoms with Crippen LogP contribution in [0.1, 0.15) is 55.4 Å². The molecule has 0 amide bonds. The molecular weight excluding hydrogens is 246 g/mol. The zero-order valence-electron chi connectivity index (χ0n) is 13.2. The van der Waals surface area contributed by atoms with Gasteiger partial charge in [-0.1, -0.05) is 42.7 Å². The fourth-order valence-corrected chi connectivity index (χ4v) is 3.09. The molecule has 1 aromatic carbocycles. The largest absolute Gasteiger partial charge is 0.388 e. The zero-order valence-corrected chi connectivity index (χ0v) is 13.2. The molecule has 1 aromatic rings. The first-order valence-corrected chi connectivity index (χ1v) is 8.07. The number of rotatable bonds is 7. The maximum absolute atomic E-state index is 10.4. The van der Waals surface area contributed by atoms with Gasteiger partial charge < -0.3 is 10.0 Å². The van der Waals surface area contributed by atoms with Gasteiger partial charge in [-0.25, -0.2) is 0 Å². The summed E-state index contributed by atoms with van der Waals surface area (Å²) in [5.41, 5.74) is 3.55. The van der Waals surface area contributed by atoms with Gasteiger partial charge in [0.1, 0.15) is 0 Å². The molecule has 0 saturated heterocycles. The van der Waals surface area contributed by atoms with Crippen molar-refractivity contribution in [2.45, 2.75) is 52.6 Å². The van der Waals surface area contributed by atoms with Crippen molar-refractivity contribution in [3.8, 4) is 0 Å². The number of hydrogen-bond acceptors (Lipinski definition) is 2. The van der Waals surface area contributed by atoms with Gasteiger partial charge >= 0.3 is 0 Å². The van der Waals surface area contributed by atoms with Crippen LogP contribution in [-0.4, -0.2) is 29.6 Å². The summed E-state index contributed by atoms with van der Waals surface area (Å²) in [5, 5.41) is 10.4. The van der Waals surface area contributed by atoms with E-state index in [1.54, 1.807) is 0 Å². The van der Waals surface area contributed by atoms with Gasteiger partial charge in [0, 0.05) is 13.1 Å². The summed E-state index contributed by atoms with van der Waals surface area (Å²) in [5.74, 6) is 0.910. The molecule has 1 aliphatic carbocycles. The van der Waals surface area contributed by atoms with Crippen molar-refractivity contribution >= 4 is 0 Å². The number of aryl methyl sites for hydroxylation is 2. The Balaban J connectivity index is 1.84. The number of hydrogen-bond donors (Lipinski definition) is 1. The maximum atomic E-state index is 10.4. The highest BCUT2D eigenvalue weighted by atomic mass is 16.3. The molecule has 0 heterocycles. The lowest BCUT2D eigenvalue weighted by atomic mass is 9.85. The summed E-state index contributed by atoms with van der Waals surface area (Å²) < 4.78 is 0. The molecule has 0 aliphatic heterocycles. The minimum Gasteiger partial charge on any atom is -0.388 e. The van der Waals surface area contributed by atoms with Crippen molar-refractivity contribution in [3.63, 3.8) is 0 Å². The number of nitrogens with zero attached hydrogens (tertiary/aromatic N) is 1. The van der Waals surface area contributed by atoms with E-state index < -0.39 is 0 Å². The quantitative estimate of drug-likeness (QED) is 0.817. The Kier molecular flexibility index (Phi) is 5.62. The van der Waals surface area contributed by atoms with E-state index in [1.807, 2.05) is 0 Å². The van der Waals surface area contributed by atoms with E-state index >= 15 is 0 Å². The fourth-order valence-electron chi connectivity index (χ4n) is 3.09. The van der Waals surface area contributed by atoms with Crippen molar-refractivity contribution in [1.82, 2.24) is 4.90 Å². The van der Waals surface area contributed by atoms with Crippen LogP contribution in [0.4, 0.5) is 0 Å². The Morgan fingerprint density at radius 2 is 1.85 bits per heavy atom. The second-order valence-electron chi connectivity index (χ2n) is 6.42. The van der Waals surface area contributed by atoms with Crippen LogP contribution in [-0.2, 0) is 0 Å². The van der Waals surface area contributed by atoms with Crippen LogP contribution in [0, 0.1) is 19.8 Å². The Morgan fingerprint density at radius 3 is 2.35 bits per heavy atom. The van der Waals surface area contributed by atoms with E-state index in [1.165, 1.54) is 36.9 Å². The van der Waals surface area contributed by atoms with E-state index in [-0.39, 0.29) is 6.10 Å². The molecule has 0 radical (unpaired) electrons. The molecule has 2 rings (SSSR count). The van der Waals surface area contributed by atoms with Crippen molar-refractivity contribution in [2.24, 2.45) is 5.92 Å². The summed E-state index contributed by atoms with van der Waals surface area (Å²) in [6.07, 6.45) is 4.72. The molecule has 1 unspecified atom stereocenters. The average molecular weight is 275 g/mol. The van der Waals surface area contributed by atoms with Gasteiger partial charge in [-0.3, -0.25) is 0 Å². The molecule has 1 N–H and O–H groups in total. The Bertz CT molecular complexity index is 405. The minimum atomic E-state index is -0.330. The van der Waals surface area contributed by atoms with E-state index in [0.29, 0.717) is 0 Å². The normalized spacial score (nSPS) is 17.2. The minimum absolute atomic E-state index is 0.330. The lowest BCUT2D eigenvalue weighted by Gasteiger charge is -2.32. The molecule has 0 spiro atoms. The predicted octanol–water partition coefficient (Wildman–Crippen LogP) is 3.85. The first-order valence-electron chi connectivity index (χ1n) is 8.07. The van der Waals surface area contributed by atoms with E-state index in [2.05, 4.69) is 43.9 Å². The van der Waals surface area contributed by atoms with Crippen LogP contribution >= 0.6 is 0 Å². The molecule has 2 heteroatoms. The first-order chi connectivity index (χ1) is 9.58. The topological polar surface area (TPSA) is 23.5 Å². The van der Waals surface area contributed by atoms with Crippen LogP contribution in [0.5, 0.6) is 0 Å². The van der Waals surface area contributed by atoms with Crippen LogP contribution in [0.2, 0.25) is 0 Å². The second-order valence-corrected chi connectivity index (χ2v) is 6.42. The zero-order chi connectivity index (χ0) is 14.5. The summed E-state index contributed by atoms with van der Waals surface area (Å²) in [7, 11) is 0. The summed E-state index contributed by atoms with van der Waals surface area (Å²) >= 11 is 0. The van der Waals surface area contributed by atoms with E-state index in [4.69, 9.17) is 0 Å². The lowest BCUT2D eigenvalue weighted by molar-refractivity contribution is 0.126. The second kappa shape index (κ2) is 7.24. The Hall–Kier alpha value is -0.860. The van der Waals surface area contributed by atoms with E-state index in [0.717, 1.165) is 31.0 Å². The van der Waals surface area contributed by atoms with Gasteiger partial charge in [-0.05, 0) is 51.1 Å². The third-order valence-electron chi connectivity index (χ3n) is 4.54. The standard InChI is InChI=1S/C18H29NO/c1-4-19(13-16-6-5-7-16)9-8-18(20)17-11-14(2)10-15(3)12-17/h10-12,16,18,20H,4-9,13H2,1-3H3. The summed E-state index contributed by atoms with van der Waals surface area (Å²) in [6.45, 7) is 9.73. The van der Waals surface area contributed by atoms with Crippen molar-refractivity contribution in [3.05, 3.63) is 34.9 Å². The predicted molar refractivity (Wildman–Crippen MR) is 84.9 cm³/mol. The van der Waals surface area contributed by atoms with Gasteiger partial charge in [0.2, 0.25) is 0 Å². The smallest absolute Gasteiger partial charge is 0.0802 e. The molecule has 1 aliphatic rings. The van der Waals surface area contributed by atoms with Crippen molar-refractivity contribution in [2.75, 3.05) is 19.6 Å². The molecule has 2 nitrogen and oxygen atoms in total. The fraction of sp³-hybridized carbons (Fsp3) is 0.667. The maximum Gasteiger partial charge on any atom is 0.0802 e. The number of aliphatic hydroxyl groups excluding tert-OH is 1. The molecular formula is C18H29NO. The molecule has 1 atom stereocenters. The highest BCUT2D eigenvalue weighted by molar-refractivity contribution is 5.29. The summed E-state index contributed by atoms with van der Waals surface area (Å²) in [4.78, 5) is 2.50. The van der Waals surface area contributed by atoms with Gasteiger partial charge in [0.15, 0.2) is 0 Å². The number of benzene rings is 1. The Labute approximate surface area is 123 Å². The van der Waals surface area contributed by atoms with Gasteiger partial charge in [0.05, 0.1) is 6.10 Å². The molecule has 1 fully saturated rings. The molecule has 0 aromatic heterocycles. The Morgan fingerprint density at radius 1 is 1.20 bits per heavy atom. The van der Waals surface area contributed by atoms with Crippen molar-refractivity contribution < 1.29 is 5.11 Å². The highest BCUT2D eigenvalue weighted by Crippen LogP contribution is 2.27. The monoisotopic (exact) mass is 275 g/mol. The first kappa shape index (κ1) is 15.5. The average Bonchev–Trinajstić information content (AvgIpc) is 2.35. The number of aliphatic hydroxyl groups is 1. The van der Waals surface area contributed by atoms with Gasteiger partial charge in [-0.15, -0.1) is 0 Å². The van der Waals surface area contributed by atoms with Crippen LogP contribution in [0.15, 0.2) is 18.2 Å². The molecule has 20 heavy (non-hydrogen) atoms. The van der Waals surface area contributed by atoms with Crippen molar-refractivity contribution in [1.29, 1.82) is 0 Å². The molecule has 1 saturated carbocycles. The third-order valence-corrected chi connectivity index (χ3v) is 4.54. The van der Waals surface area contributed by atoms with Crippen LogP contribution < -0.4 is 0 Å². The molecule has 112 valence electrons. The summed E-state index contributed by atoms with van der Waals surface area (Å²) in [6, 6.07) is 6.38. The van der Waals surface area contributed by atoms with Crippen LogP contribution in [0.3, 0.4) is 0 Å². The third kappa shape index (κ3) is 4.32.